The van der Waals surface area contributed by atoms with Gasteiger partial charge in [0, 0.05) is 27.3 Å². The number of amides is 1. The standard InChI is InChI=1S/C19H22ClN5O3/c1-27-11-9-24(10-12-28-2)18-8-7-17-21-16(13-25(17)23-18)22-19(26)14-5-3-4-6-15(14)20/h3-8,13H,9-12H2,1-2H3,(H,22,26). The number of nitrogens with zero attached hydrogens (tertiary/aromatic N) is 4. The summed E-state index contributed by atoms with van der Waals surface area (Å²) in [4.78, 5) is 18.9. The SMILES string of the molecule is COCCN(CCOC)c1ccc2nc(NC(=O)c3ccccc3Cl)cn2n1. The molecule has 0 saturated heterocycles. The number of benzene rings is 1. The van der Waals surface area contributed by atoms with E-state index in [1.807, 2.05) is 12.1 Å². The highest BCUT2D eigenvalue weighted by Crippen LogP contribution is 2.18. The first-order valence-electron chi connectivity index (χ1n) is 8.77. The third-order valence-corrected chi connectivity index (χ3v) is 4.45. The number of carbonyl (C=O) groups excluding carboxylic acids is 1. The Hall–Kier alpha value is -2.68. The highest BCUT2D eigenvalue weighted by atomic mass is 35.5. The van der Waals surface area contributed by atoms with Crippen LogP contribution in [0.1, 0.15) is 10.4 Å². The second-order valence-corrected chi connectivity index (χ2v) is 6.43. The van der Waals surface area contributed by atoms with Crippen molar-refractivity contribution in [2.24, 2.45) is 0 Å². The zero-order valence-electron chi connectivity index (χ0n) is 15.8. The highest BCUT2D eigenvalue weighted by Gasteiger charge is 2.14. The Morgan fingerprint density at radius 3 is 2.54 bits per heavy atom. The van der Waals surface area contributed by atoms with Gasteiger partial charge in [0.05, 0.1) is 30.0 Å². The molecule has 3 aromatic rings. The van der Waals surface area contributed by atoms with Gasteiger partial charge in [-0.2, -0.15) is 0 Å². The molecule has 1 N–H and O–H groups in total. The monoisotopic (exact) mass is 403 g/mol. The maximum absolute atomic E-state index is 12.4. The average Bonchev–Trinajstić information content (AvgIpc) is 3.09. The fraction of sp³-hybridized carbons (Fsp3) is 0.316. The van der Waals surface area contributed by atoms with Crippen LogP contribution in [0, 0.1) is 0 Å². The van der Waals surface area contributed by atoms with Crippen molar-refractivity contribution in [3.8, 4) is 0 Å². The Labute approximate surface area is 168 Å². The predicted molar refractivity (Wildman–Crippen MR) is 108 cm³/mol. The van der Waals surface area contributed by atoms with Gasteiger partial charge in [-0.15, -0.1) is 5.10 Å². The van der Waals surface area contributed by atoms with Gasteiger partial charge in [-0.25, -0.2) is 9.50 Å². The number of ether oxygens (including phenoxy) is 2. The normalized spacial score (nSPS) is 11.0. The number of carbonyl (C=O) groups is 1. The lowest BCUT2D eigenvalue weighted by atomic mass is 10.2. The Balaban J connectivity index is 1.79. The van der Waals surface area contributed by atoms with Crippen LogP contribution in [0.5, 0.6) is 0 Å². The van der Waals surface area contributed by atoms with Gasteiger partial charge in [0.1, 0.15) is 5.82 Å². The van der Waals surface area contributed by atoms with Crippen molar-refractivity contribution in [3.63, 3.8) is 0 Å². The van der Waals surface area contributed by atoms with Crippen LogP contribution < -0.4 is 10.2 Å². The molecule has 28 heavy (non-hydrogen) atoms. The fourth-order valence-corrected chi connectivity index (χ4v) is 2.90. The zero-order chi connectivity index (χ0) is 19.9. The summed E-state index contributed by atoms with van der Waals surface area (Å²) in [5.74, 6) is 0.842. The topological polar surface area (TPSA) is 81.0 Å². The molecule has 0 aliphatic rings. The van der Waals surface area contributed by atoms with Crippen molar-refractivity contribution in [1.29, 1.82) is 0 Å². The second kappa shape index (κ2) is 9.50. The summed E-state index contributed by atoms with van der Waals surface area (Å²) >= 11 is 6.08. The molecule has 148 valence electrons. The molecule has 0 fully saturated rings. The number of nitrogens with one attached hydrogen (secondary N) is 1. The molecular formula is C19H22ClN5O3. The molecule has 0 atom stereocenters. The third kappa shape index (κ3) is 4.78. The summed E-state index contributed by atoms with van der Waals surface area (Å²) in [6.07, 6.45) is 1.67. The summed E-state index contributed by atoms with van der Waals surface area (Å²) in [5, 5.41) is 7.73. The predicted octanol–water partition coefficient (Wildman–Crippen LogP) is 2.73. The summed E-state index contributed by atoms with van der Waals surface area (Å²) in [5.41, 5.74) is 1.01. The highest BCUT2D eigenvalue weighted by molar-refractivity contribution is 6.34. The van der Waals surface area contributed by atoms with Crippen molar-refractivity contribution in [2.45, 2.75) is 0 Å². The molecule has 0 aliphatic carbocycles. The van der Waals surface area contributed by atoms with E-state index in [1.165, 1.54) is 0 Å². The van der Waals surface area contributed by atoms with Crippen LogP contribution in [0.25, 0.3) is 5.65 Å². The second-order valence-electron chi connectivity index (χ2n) is 6.03. The summed E-state index contributed by atoms with van der Waals surface area (Å²) in [6, 6.07) is 10.6. The van der Waals surface area contributed by atoms with E-state index < -0.39 is 0 Å². The molecule has 1 amide bonds. The van der Waals surface area contributed by atoms with Gasteiger partial charge in [-0.05, 0) is 24.3 Å². The van der Waals surface area contributed by atoms with E-state index in [1.54, 1.807) is 49.2 Å². The van der Waals surface area contributed by atoms with Gasteiger partial charge >= 0.3 is 0 Å². The molecule has 9 heteroatoms. The van der Waals surface area contributed by atoms with E-state index in [-0.39, 0.29) is 5.91 Å². The largest absolute Gasteiger partial charge is 0.383 e. The van der Waals surface area contributed by atoms with E-state index in [0.29, 0.717) is 48.4 Å². The number of imidazole rings is 1. The van der Waals surface area contributed by atoms with Crippen molar-refractivity contribution in [1.82, 2.24) is 14.6 Å². The van der Waals surface area contributed by atoms with E-state index in [4.69, 9.17) is 21.1 Å². The quantitative estimate of drug-likeness (QED) is 0.591. The maximum Gasteiger partial charge on any atom is 0.258 e. The van der Waals surface area contributed by atoms with Crippen LogP contribution in [0.4, 0.5) is 11.6 Å². The molecule has 1 aromatic carbocycles. The van der Waals surface area contributed by atoms with E-state index in [9.17, 15) is 4.79 Å². The lowest BCUT2D eigenvalue weighted by Crippen LogP contribution is -2.31. The van der Waals surface area contributed by atoms with Crippen LogP contribution in [0.15, 0.2) is 42.6 Å². The van der Waals surface area contributed by atoms with Gasteiger partial charge < -0.3 is 19.7 Å². The molecule has 8 nitrogen and oxygen atoms in total. The van der Waals surface area contributed by atoms with Gasteiger partial charge in [-0.1, -0.05) is 23.7 Å². The van der Waals surface area contributed by atoms with Gasteiger partial charge in [-0.3, -0.25) is 4.79 Å². The van der Waals surface area contributed by atoms with Crippen LogP contribution >= 0.6 is 11.6 Å². The lowest BCUT2D eigenvalue weighted by molar-refractivity contribution is 0.102. The minimum absolute atomic E-state index is 0.323. The average molecular weight is 404 g/mol. The molecule has 2 aromatic heterocycles. The first kappa shape index (κ1) is 20.1. The summed E-state index contributed by atoms with van der Waals surface area (Å²) < 4.78 is 12.0. The zero-order valence-corrected chi connectivity index (χ0v) is 16.5. The Bertz CT molecular complexity index is 938. The lowest BCUT2D eigenvalue weighted by Gasteiger charge is -2.22. The number of methoxy groups -OCH3 is 2. The van der Waals surface area contributed by atoms with E-state index in [0.717, 1.165) is 5.82 Å². The molecule has 0 bridgehead atoms. The van der Waals surface area contributed by atoms with Gasteiger partial charge in [0.2, 0.25) is 0 Å². The number of fused-ring (bicyclic) bond motifs is 1. The molecule has 3 rings (SSSR count). The molecule has 0 radical (unpaired) electrons. The van der Waals surface area contributed by atoms with Crippen LogP contribution in [0.3, 0.4) is 0 Å². The molecule has 0 unspecified atom stereocenters. The van der Waals surface area contributed by atoms with Crippen LogP contribution in [-0.4, -0.2) is 61.0 Å². The summed E-state index contributed by atoms with van der Waals surface area (Å²) in [6.45, 7) is 2.52. The summed E-state index contributed by atoms with van der Waals surface area (Å²) in [7, 11) is 3.32. The maximum atomic E-state index is 12.4. The van der Waals surface area contributed by atoms with Crippen molar-refractivity contribution in [2.75, 3.05) is 50.7 Å². The van der Waals surface area contributed by atoms with Gasteiger partial charge in [0.15, 0.2) is 11.5 Å². The Kier molecular flexibility index (Phi) is 6.80. The Morgan fingerprint density at radius 2 is 1.86 bits per heavy atom. The number of hydrogen-bond acceptors (Lipinski definition) is 6. The van der Waals surface area contributed by atoms with Crippen LogP contribution in [0.2, 0.25) is 5.02 Å². The minimum atomic E-state index is -0.323. The van der Waals surface area contributed by atoms with E-state index >= 15 is 0 Å². The number of aromatic nitrogens is 3. The number of halogens is 1. The molecule has 0 spiro atoms. The van der Waals surface area contributed by atoms with Crippen molar-refractivity contribution >= 4 is 34.8 Å². The molecule has 0 aliphatic heterocycles. The minimum Gasteiger partial charge on any atom is -0.383 e. The van der Waals surface area contributed by atoms with E-state index in [2.05, 4.69) is 20.3 Å². The van der Waals surface area contributed by atoms with Crippen molar-refractivity contribution < 1.29 is 14.3 Å². The third-order valence-electron chi connectivity index (χ3n) is 4.12. The number of anilines is 2. The smallest absolute Gasteiger partial charge is 0.258 e. The number of hydrogen-bond donors (Lipinski definition) is 1. The van der Waals surface area contributed by atoms with Crippen molar-refractivity contribution in [3.05, 3.63) is 53.2 Å². The molecular weight excluding hydrogens is 382 g/mol. The van der Waals surface area contributed by atoms with Gasteiger partial charge in [0.25, 0.3) is 5.91 Å². The van der Waals surface area contributed by atoms with Crippen LogP contribution in [-0.2, 0) is 9.47 Å². The molecule has 0 saturated carbocycles. The first-order chi connectivity index (χ1) is 13.6. The number of rotatable bonds is 9. The Morgan fingerprint density at radius 1 is 1.14 bits per heavy atom. The fourth-order valence-electron chi connectivity index (χ4n) is 2.67. The first-order valence-corrected chi connectivity index (χ1v) is 9.15. The molecule has 2 heterocycles.